The molecule has 8 nitrogen and oxygen atoms in total. The van der Waals surface area contributed by atoms with Crippen LogP contribution in [0.3, 0.4) is 0 Å². The molecule has 1 saturated heterocycles. The van der Waals surface area contributed by atoms with Crippen LogP contribution >= 0.6 is 0 Å². The van der Waals surface area contributed by atoms with Gasteiger partial charge in [0.25, 0.3) is 0 Å². The number of fused-ring (bicyclic) bond motifs is 3. The third kappa shape index (κ3) is 5.01. The summed E-state index contributed by atoms with van der Waals surface area (Å²) in [5.41, 5.74) is 4.38. The molecule has 0 bridgehead atoms. The van der Waals surface area contributed by atoms with Gasteiger partial charge in [0.15, 0.2) is 0 Å². The quantitative estimate of drug-likeness (QED) is 0.541. The molecule has 0 radical (unpaired) electrons. The monoisotopic (exact) mass is 451 g/mol. The highest BCUT2D eigenvalue weighted by atomic mass is 16.5. The molecular formula is C25H29N3O5. The van der Waals surface area contributed by atoms with Crippen LogP contribution in [0, 0.1) is 0 Å². The molecule has 2 atom stereocenters. The van der Waals surface area contributed by atoms with Crippen LogP contribution < -0.4 is 10.6 Å². The SMILES string of the molecule is CCN1CCC1CNC(=O)C(CC(=O)O)NC(=O)OCC1c2ccccc2-c2ccccc21. The molecule has 33 heavy (non-hydrogen) atoms. The maximum absolute atomic E-state index is 12.6. The zero-order valence-electron chi connectivity index (χ0n) is 18.6. The van der Waals surface area contributed by atoms with E-state index in [1.54, 1.807) is 0 Å². The van der Waals surface area contributed by atoms with Crippen molar-refractivity contribution in [2.45, 2.75) is 37.8 Å². The van der Waals surface area contributed by atoms with Crippen molar-refractivity contribution >= 4 is 18.0 Å². The molecule has 2 aliphatic rings. The number of benzene rings is 2. The molecule has 1 heterocycles. The summed E-state index contributed by atoms with van der Waals surface area (Å²) in [5.74, 6) is -1.81. The van der Waals surface area contributed by atoms with Gasteiger partial charge in [-0.05, 0) is 35.2 Å². The number of hydrogen-bond donors (Lipinski definition) is 3. The summed E-state index contributed by atoms with van der Waals surface area (Å²) in [7, 11) is 0. The Morgan fingerprint density at radius 1 is 1.09 bits per heavy atom. The van der Waals surface area contributed by atoms with Crippen molar-refractivity contribution in [2.24, 2.45) is 0 Å². The van der Waals surface area contributed by atoms with Gasteiger partial charge in [0.05, 0.1) is 6.42 Å². The number of hydrogen-bond acceptors (Lipinski definition) is 5. The molecule has 1 aliphatic heterocycles. The Morgan fingerprint density at radius 3 is 2.27 bits per heavy atom. The third-order valence-corrected chi connectivity index (χ3v) is 6.52. The number of nitrogens with one attached hydrogen (secondary N) is 2. The number of carboxylic acid groups (broad SMARTS) is 1. The van der Waals surface area contributed by atoms with Gasteiger partial charge in [0, 0.05) is 25.0 Å². The van der Waals surface area contributed by atoms with Crippen molar-refractivity contribution in [3.05, 3.63) is 59.7 Å². The molecule has 0 aromatic heterocycles. The first kappa shape index (κ1) is 22.8. The predicted octanol–water partition coefficient (Wildman–Crippen LogP) is 2.58. The smallest absolute Gasteiger partial charge is 0.407 e. The predicted molar refractivity (Wildman–Crippen MR) is 123 cm³/mol. The van der Waals surface area contributed by atoms with Gasteiger partial charge in [-0.15, -0.1) is 0 Å². The molecule has 0 spiro atoms. The standard InChI is InChI=1S/C25H29N3O5/c1-2-28-12-11-16(28)14-26-24(31)22(13-23(29)30)27-25(32)33-15-21-19-9-5-3-7-17(19)18-8-4-6-10-20(18)21/h3-10,16,21-22H,2,11-15H2,1H3,(H,26,31)(H,27,32)(H,29,30). The zero-order valence-corrected chi connectivity index (χ0v) is 18.6. The molecule has 2 unspecified atom stereocenters. The summed E-state index contributed by atoms with van der Waals surface area (Å²) in [6.45, 7) is 4.47. The molecule has 2 aromatic rings. The molecular weight excluding hydrogens is 422 g/mol. The number of nitrogens with zero attached hydrogens (tertiary/aromatic N) is 1. The Labute approximate surface area is 192 Å². The summed E-state index contributed by atoms with van der Waals surface area (Å²) < 4.78 is 5.46. The Kier molecular flexibility index (Phi) is 6.93. The third-order valence-electron chi connectivity index (χ3n) is 6.52. The van der Waals surface area contributed by atoms with Crippen molar-refractivity contribution in [1.82, 2.24) is 15.5 Å². The Bertz CT molecular complexity index is 993. The fourth-order valence-electron chi connectivity index (χ4n) is 4.65. The van der Waals surface area contributed by atoms with Crippen molar-refractivity contribution < 1.29 is 24.2 Å². The lowest BCUT2D eigenvalue weighted by atomic mass is 9.98. The Balaban J connectivity index is 1.36. The number of carbonyl (C=O) groups excluding carboxylic acids is 2. The molecule has 1 aliphatic carbocycles. The van der Waals surface area contributed by atoms with Crippen LogP contribution in [0.1, 0.15) is 36.8 Å². The first-order chi connectivity index (χ1) is 16.0. The number of amides is 2. The van der Waals surface area contributed by atoms with Crippen LogP contribution in [0.15, 0.2) is 48.5 Å². The van der Waals surface area contributed by atoms with E-state index in [2.05, 4.69) is 22.5 Å². The van der Waals surface area contributed by atoms with Crippen molar-refractivity contribution in [1.29, 1.82) is 0 Å². The molecule has 8 heteroatoms. The van der Waals surface area contributed by atoms with E-state index in [4.69, 9.17) is 4.74 Å². The highest BCUT2D eigenvalue weighted by Crippen LogP contribution is 2.44. The lowest BCUT2D eigenvalue weighted by Gasteiger charge is -2.40. The van der Waals surface area contributed by atoms with Crippen LogP contribution in [0.25, 0.3) is 11.1 Å². The van der Waals surface area contributed by atoms with Gasteiger partial charge >= 0.3 is 12.1 Å². The molecule has 0 saturated carbocycles. The first-order valence-electron chi connectivity index (χ1n) is 11.3. The second kappa shape index (κ2) is 10.0. The molecule has 2 amide bonds. The van der Waals surface area contributed by atoms with Gasteiger partial charge in [0.2, 0.25) is 5.91 Å². The minimum absolute atomic E-state index is 0.0921. The second-order valence-electron chi connectivity index (χ2n) is 8.44. The number of carboxylic acids is 1. The van der Waals surface area contributed by atoms with Crippen LogP contribution in [0.5, 0.6) is 0 Å². The van der Waals surface area contributed by atoms with E-state index >= 15 is 0 Å². The fraction of sp³-hybridized carbons (Fsp3) is 0.400. The summed E-state index contributed by atoms with van der Waals surface area (Å²) in [4.78, 5) is 38.6. The van der Waals surface area contributed by atoms with Crippen LogP contribution in [0.4, 0.5) is 4.79 Å². The maximum Gasteiger partial charge on any atom is 0.407 e. The van der Waals surface area contributed by atoms with Crippen LogP contribution in [-0.2, 0) is 14.3 Å². The highest BCUT2D eigenvalue weighted by molar-refractivity contribution is 5.89. The molecule has 4 rings (SSSR count). The highest BCUT2D eigenvalue weighted by Gasteiger charge is 2.31. The number of ether oxygens (including phenoxy) is 1. The molecule has 174 valence electrons. The van der Waals surface area contributed by atoms with Gasteiger partial charge in [-0.2, -0.15) is 0 Å². The number of alkyl carbamates (subject to hydrolysis) is 1. The van der Waals surface area contributed by atoms with Crippen LogP contribution in [0.2, 0.25) is 0 Å². The van der Waals surface area contributed by atoms with Crippen LogP contribution in [-0.4, -0.2) is 66.3 Å². The largest absolute Gasteiger partial charge is 0.481 e. The van der Waals surface area contributed by atoms with Gasteiger partial charge < -0.3 is 20.5 Å². The number of rotatable bonds is 9. The van der Waals surface area contributed by atoms with E-state index in [0.717, 1.165) is 41.8 Å². The lowest BCUT2D eigenvalue weighted by molar-refractivity contribution is -0.139. The summed E-state index contributed by atoms with van der Waals surface area (Å²) in [6.07, 6.45) is -0.340. The Hall–Kier alpha value is -3.39. The van der Waals surface area contributed by atoms with Gasteiger partial charge in [-0.3, -0.25) is 14.5 Å². The second-order valence-corrected chi connectivity index (χ2v) is 8.44. The lowest BCUT2D eigenvalue weighted by Crippen LogP contribution is -2.56. The zero-order chi connectivity index (χ0) is 23.4. The van der Waals surface area contributed by atoms with Crippen molar-refractivity contribution in [3.8, 4) is 11.1 Å². The summed E-state index contributed by atoms with van der Waals surface area (Å²) in [5, 5.41) is 14.4. The molecule has 2 aromatic carbocycles. The average Bonchev–Trinajstić information content (AvgIpc) is 3.10. The average molecular weight is 452 g/mol. The number of likely N-dealkylation sites (tertiary alicyclic amines) is 1. The molecule has 1 fully saturated rings. The first-order valence-corrected chi connectivity index (χ1v) is 11.3. The summed E-state index contributed by atoms with van der Waals surface area (Å²) in [6, 6.07) is 15.0. The summed E-state index contributed by atoms with van der Waals surface area (Å²) >= 11 is 0. The minimum atomic E-state index is -1.20. The van der Waals surface area contributed by atoms with Crippen molar-refractivity contribution in [2.75, 3.05) is 26.2 Å². The number of carbonyl (C=O) groups is 3. The van der Waals surface area contributed by atoms with E-state index in [9.17, 15) is 19.5 Å². The van der Waals surface area contributed by atoms with E-state index in [0.29, 0.717) is 6.54 Å². The van der Waals surface area contributed by atoms with Gasteiger partial charge in [-0.25, -0.2) is 4.79 Å². The van der Waals surface area contributed by atoms with Gasteiger partial charge in [-0.1, -0.05) is 55.5 Å². The van der Waals surface area contributed by atoms with Crippen molar-refractivity contribution in [3.63, 3.8) is 0 Å². The van der Waals surface area contributed by atoms with E-state index < -0.39 is 30.4 Å². The normalized spacial score (nSPS) is 17.9. The maximum atomic E-state index is 12.6. The van der Waals surface area contributed by atoms with E-state index in [1.807, 2.05) is 48.5 Å². The topological polar surface area (TPSA) is 108 Å². The van der Waals surface area contributed by atoms with E-state index in [1.165, 1.54) is 0 Å². The Morgan fingerprint density at radius 2 is 1.73 bits per heavy atom. The van der Waals surface area contributed by atoms with E-state index in [-0.39, 0.29) is 18.6 Å². The minimum Gasteiger partial charge on any atom is -0.481 e. The fourth-order valence-corrected chi connectivity index (χ4v) is 4.65. The van der Waals surface area contributed by atoms with Gasteiger partial charge in [0.1, 0.15) is 12.6 Å². The number of likely N-dealkylation sites (N-methyl/N-ethyl adjacent to an activating group) is 1. The molecule has 3 N–H and O–H groups in total. The number of aliphatic carboxylic acids is 1.